The average molecular weight is 215 g/mol. The highest BCUT2D eigenvalue weighted by Crippen LogP contribution is 2.17. The molecule has 0 radical (unpaired) electrons. The molecule has 0 amide bonds. The summed E-state index contributed by atoms with van der Waals surface area (Å²) < 4.78 is 5.35. The lowest BCUT2D eigenvalue weighted by Crippen LogP contribution is -2.37. The van der Waals surface area contributed by atoms with E-state index >= 15 is 0 Å². The maximum Gasteiger partial charge on any atom is 0.0526 e. The number of ether oxygens (including phenoxy) is 1. The number of rotatable bonds is 5. The number of nitrogens with zero attached hydrogens (tertiary/aromatic N) is 1. The Morgan fingerprint density at radius 1 is 1.33 bits per heavy atom. The van der Waals surface area contributed by atoms with E-state index in [0.29, 0.717) is 6.04 Å². The maximum absolute atomic E-state index is 9.33. The first kappa shape index (κ1) is 12.9. The van der Waals surface area contributed by atoms with Crippen LogP contribution >= 0.6 is 0 Å². The molecule has 1 saturated heterocycles. The van der Waals surface area contributed by atoms with Gasteiger partial charge in [0.25, 0.3) is 0 Å². The zero-order valence-electron chi connectivity index (χ0n) is 10.3. The van der Waals surface area contributed by atoms with Crippen molar-refractivity contribution in [2.24, 2.45) is 5.92 Å². The van der Waals surface area contributed by atoms with Gasteiger partial charge in [0.05, 0.1) is 6.10 Å². The third-order valence-corrected chi connectivity index (χ3v) is 3.32. The van der Waals surface area contributed by atoms with Gasteiger partial charge in [0, 0.05) is 25.8 Å². The molecule has 0 spiro atoms. The molecule has 3 heteroatoms. The molecule has 0 aromatic rings. The van der Waals surface area contributed by atoms with Crippen molar-refractivity contribution in [3.8, 4) is 0 Å². The lowest BCUT2D eigenvalue weighted by Gasteiger charge is -2.31. The summed E-state index contributed by atoms with van der Waals surface area (Å²) in [5.74, 6) is 0.778. The molecule has 1 rings (SSSR count). The predicted octanol–water partition coefficient (Wildman–Crippen LogP) is 1.50. The summed E-state index contributed by atoms with van der Waals surface area (Å²) in [6, 6.07) is 0.466. The van der Waals surface area contributed by atoms with Crippen LogP contribution in [0.4, 0.5) is 0 Å². The average Bonchev–Trinajstić information content (AvgIpc) is 2.18. The Morgan fingerprint density at radius 3 is 2.47 bits per heavy atom. The van der Waals surface area contributed by atoms with Crippen molar-refractivity contribution in [1.82, 2.24) is 4.90 Å². The molecule has 2 atom stereocenters. The minimum Gasteiger partial charge on any atom is -0.393 e. The normalized spacial score (nSPS) is 23.0. The van der Waals surface area contributed by atoms with E-state index in [9.17, 15) is 5.11 Å². The molecule has 0 aromatic heterocycles. The molecule has 1 heterocycles. The van der Waals surface area contributed by atoms with Crippen LogP contribution in [0.1, 0.15) is 33.1 Å². The van der Waals surface area contributed by atoms with Crippen molar-refractivity contribution in [3.63, 3.8) is 0 Å². The molecular formula is C12H25NO2. The first-order valence-electron chi connectivity index (χ1n) is 6.05. The smallest absolute Gasteiger partial charge is 0.0526 e. The SMILES string of the molecule is CC(O)CC(C)N(C)CC1CCOCC1. The summed E-state index contributed by atoms with van der Waals surface area (Å²) in [5.41, 5.74) is 0. The van der Waals surface area contributed by atoms with Gasteiger partial charge in [-0.15, -0.1) is 0 Å². The van der Waals surface area contributed by atoms with Gasteiger partial charge in [0.1, 0.15) is 0 Å². The van der Waals surface area contributed by atoms with Crippen LogP contribution < -0.4 is 0 Å². The molecule has 1 fully saturated rings. The quantitative estimate of drug-likeness (QED) is 0.754. The van der Waals surface area contributed by atoms with Crippen LogP contribution in [0.5, 0.6) is 0 Å². The zero-order chi connectivity index (χ0) is 11.3. The molecular weight excluding hydrogens is 190 g/mol. The third-order valence-electron chi connectivity index (χ3n) is 3.32. The molecule has 0 aliphatic carbocycles. The number of hydrogen-bond donors (Lipinski definition) is 1. The van der Waals surface area contributed by atoms with Gasteiger partial charge in [0.2, 0.25) is 0 Å². The van der Waals surface area contributed by atoms with Crippen molar-refractivity contribution >= 4 is 0 Å². The van der Waals surface area contributed by atoms with Gasteiger partial charge in [-0.1, -0.05) is 0 Å². The Kier molecular flexibility index (Phi) is 5.58. The van der Waals surface area contributed by atoms with E-state index in [0.717, 1.165) is 32.1 Å². The third kappa shape index (κ3) is 4.96. The molecule has 0 saturated carbocycles. The van der Waals surface area contributed by atoms with Crippen molar-refractivity contribution in [2.45, 2.75) is 45.3 Å². The van der Waals surface area contributed by atoms with Crippen molar-refractivity contribution < 1.29 is 9.84 Å². The Balaban J connectivity index is 2.23. The van der Waals surface area contributed by atoms with Gasteiger partial charge in [-0.3, -0.25) is 0 Å². The van der Waals surface area contributed by atoms with Crippen molar-refractivity contribution in [1.29, 1.82) is 0 Å². The van der Waals surface area contributed by atoms with Crippen LogP contribution in [0.3, 0.4) is 0 Å². The van der Waals surface area contributed by atoms with Gasteiger partial charge in [0.15, 0.2) is 0 Å². The zero-order valence-corrected chi connectivity index (χ0v) is 10.3. The fourth-order valence-electron chi connectivity index (χ4n) is 2.19. The van der Waals surface area contributed by atoms with Gasteiger partial charge in [-0.25, -0.2) is 0 Å². The Labute approximate surface area is 93.4 Å². The second-order valence-corrected chi connectivity index (χ2v) is 4.93. The number of aliphatic hydroxyl groups excluding tert-OH is 1. The van der Waals surface area contributed by atoms with Crippen LogP contribution in [0.2, 0.25) is 0 Å². The van der Waals surface area contributed by atoms with E-state index in [1.165, 1.54) is 12.8 Å². The summed E-state index contributed by atoms with van der Waals surface area (Å²) >= 11 is 0. The summed E-state index contributed by atoms with van der Waals surface area (Å²) in [6.07, 6.45) is 3.04. The van der Waals surface area contributed by atoms with Crippen molar-refractivity contribution in [3.05, 3.63) is 0 Å². The Morgan fingerprint density at radius 2 is 1.93 bits per heavy atom. The van der Waals surface area contributed by atoms with E-state index < -0.39 is 0 Å². The van der Waals surface area contributed by atoms with Gasteiger partial charge in [-0.2, -0.15) is 0 Å². The molecule has 1 aliphatic heterocycles. The molecule has 1 N–H and O–H groups in total. The molecule has 0 aromatic carbocycles. The van der Waals surface area contributed by atoms with Gasteiger partial charge < -0.3 is 14.7 Å². The molecule has 2 unspecified atom stereocenters. The minimum absolute atomic E-state index is 0.197. The highest BCUT2D eigenvalue weighted by atomic mass is 16.5. The fraction of sp³-hybridized carbons (Fsp3) is 1.00. The predicted molar refractivity (Wildman–Crippen MR) is 61.9 cm³/mol. The van der Waals surface area contributed by atoms with E-state index in [-0.39, 0.29) is 6.10 Å². The summed E-state index contributed by atoms with van der Waals surface area (Å²) in [6.45, 7) is 7.02. The topological polar surface area (TPSA) is 32.7 Å². The monoisotopic (exact) mass is 215 g/mol. The van der Waals surface area contributed by atoms with E-state index in [1.807, 2.05) is 6.92 Å². The lowest BCUT2D eigenvalue weighted by molar-refractivity contribution is 0.0468. The summed E-state index contributed by atoms with van der Waals surface area (Å²) in [4.78, 5) is 2.36. The Bertz CT molecular complexity index is 167. The van der Waals surface area contributed by atoms with Crippen LogP contribution in [0, 0.1) is 5.92 Å². The van der Waals surface area contributed by atoms with Crippen LogP contribution in [-0.2, 0) is 4.74 Å². The first-order valence-corrected chi connectivity index (χ1v) is 6.05. The lowest BCUT2D eigenvalue weighted by atomic mass is 9.99. The second kappa shape index (κ2) is 6.46. The molecule has 15 heavy (non-hydrogen) atoms. The van der Waals surface area contributed by atoms with Gasteiger partial charge in [-0.05, 0) is 46.1 Å². The van der Waals surface area contributed by atoms with E-state index in [2.05, 4.69) is 18.9 Å². The largest absolute Gasteiger partial charge is 0.393 e. The molecule has 3 nitrogen and oxygen atoms in total. The van der Waals surface area contributed by atoms with Crippen LogP contribution in [0.25, 0.3) is 0 Å². The highest BCUT2D eigenvalue weighted by Gasteiger charge is 2.19. The van der Waals surface area contributed by atoms with Gasteiger partial charge >= 0.3 is 0 Å². The summed E-state index contributed by atoms with van der Waals surface area (Å²) in [7, 11) is 2.16. The minimum atomic E-state index is -0.197. The summed E-state index contributed by atoms with van der Waals surface area (Å²) in [5, 5.41) is 9.33. The maximum atomic E-state index is 9.33. The molecule has 0 bridgehead atoms. The number of aliphatic hydroxyl groups is 1. The molecule has 90 valence electrons. The first-order chi connectivity index (χ1) is 7.09. The molecule has 1 aliphatic rings. The Hall–Kier alpha value is -0.120. The fourth-order valence-corrected chi connectivity index (χ4v) is 2.19. The van der Waals surface area contributed by atoms with Crippen molar-refractivity contribution in [2.75, 3.05) is 26.8 Å². The van der Waals surface area contributed by atoms with Crippen LogP contribution in [-0.4, -0.2) is 49.0 Å². The van der Waals surface area contributed by atoms with Crippen LogP contribution in [0.15, 0.2) is 0 Å². The highest BCUT2D eigenvalue weighted by molar-refractivity contribution is 4.72. The van der Waals surface area contributed by atoms with E-state index in [1.54, 1.807) is 0 Å². The van der Waals surface area contributed by atoms with E-state index in [4.69, 9.17) is 4.74 Å². The standard InChI is InChI=1S/C12H25NO2/c1-10(8-11(2)14)13(3)9-12-4-6-15-7-5-12/h10-12,14H,4-9H2,1-3H3. The second-order valence-electron chi connectivity index (χ2n) is 4.93. The number of hydrogen-bond acceptors (Lipinski definition) is 3.